The Labute approximate surface area is 482 Å². The normalized spacial score (nSPS) is 18.3. The topological polar surface area (TPSA) is 122 Å². The Kier molecular flexibility index (Phi) is 25.3. The van der Waals surface area contributed by atoms with Crippen LogP contribution in [0.25, 0.3) is 0 Å². The van der Waals surface area contributed by atoms with Crippen molar-refractivity contribution in [3.05, 3.63) is 199 Å². The molecule has 3 atom stereocenters. The molecule has 79 heavy (non-hydrogen) atoms. The van der Waals surface area contributed by atoms with Crippen LogP contribution in [0.1, 0.15) is 55.2 Å². The van der Waals surface area contributed by atoms with Gasteiger partial charge in [0.25, 0.3) is 0 Å². The highest BCUT2D eigenvalue weighted by atomic mass is 32.2. The summed E-state index contributed by atoms with van der Waals surface area (Å²) in [7, 11) is -9.83. The van der Waals surface area contributed by atoms with Gasteiger partial charge in [-0.2, -0.15) is 13.5 Å². The minimum absolute atomic E-state index is 0. The number of anilines is 3. The molecular weight excluding hydrogens is 1060 g/mol. The molecule has 0 spiro atoms. The van der Waals surface area contributed by atoms with E-state index < -0.39 is 30.1 Å². The molecule has 428 valence electrons. The summed E-state index contributed by atoms with van der Waals surface area (Å²) in [4.78, 5) is 7.44. The van der Waals surface area contributed by atoms with Crippen molar-refractivity contribution >= 4 is 60.6 Å². The molecule has 16 heteroatoms. The van der Waals surface area contributed by atoms with E-state index in [2.05, 4.69) is 87.5 Å². The Hall–Kier alpha value is -5.20. The second-order valence-corrected chi connectivity index (χ2v) is 27.2. The standard InChI is InChI=1S/3C21H28N2O2S.H2S/c3*1-26(24,25)23(21-12-6-3-7-13-21)18-20-11-8-15-22(17-20)16-14-19-9-4-2-5-10-19;/h3*2-7,9-10,12-13,20H,8,11,14-18H2,1H3;1H2/t2*20-;;/m10../s1. The summed E-state index contributed by atoms with van der Waals surface area (Å²) in [5, 5.41) is 0. The highest BCUT2D eigenvalue weighted by Crippen LogP contribution is 2.27. The van der Waals surface area contributed by atoms with E-state index in [4.69, 9.17) is 0 Å². The largest absolute Gasteiger partial charge is 0.303 e. The first-order valence-electron chi connectivity index (χ1n) is 27.9. The maximum absolute atomic E-state index is 12.3. The van der Waals surface area contributed by atoms with E-state index in [-0.39, 0.29) is 13.5 Å². The van der Waals surface area contributed by atoms with Gasteiger partial charge in [-0.3, -0.25) is 12.9 Å². The first-order valence-corrected chi connectivity index (χ1v) is 33.5. The number of sulfonamides is 3. The summed E-state index contributed by atoms with van der Waals surface area (Å²) in [5.41, 5.74) is 6.36. The summed E-state index contributed by atoms with van der Waals surface area (Å²) < 4.78 is 78.6. The summed E-state index contributed by atoms with van der Waals surface area (Å²) in [6, 6.07) is 59.9. The second-order valence-electron chi connectivity index (χ2n) is 21.5. The van der Waals surface area contributed by atoms with Crippen molar-refractivity contribution in [3.8, 4) is 0 Å². The molecule has 9 rings (SSSR count). The molecule has 1 unspecified atom stereocenters. The Balaban J connectivity index is 0.000000190. The molecule has 12 nitrogen and oxygen atoms in total. The lowest BCUT2D eigenvalue weighted by Gasteiger charge is -2.35. The monoisotopic (exact) mass is 1150 g/mol. The van der Waals surface area contributed by atoms with Crippen molar-refractivity contribution in [2.24, 2.45) is 17.8 Å². The van der Waals surface area contributed by atoms with Gasteiger partial charge in [-0.05, 0) is 148 Å². The number of likely N-dealkylation sites (tertiary alicyclic amines) is 3. The minimum Gasteiger partial charge on any atom is -0.303 e. The highest BCUT2D eigenvalue weighted by Gasteiger charge is 2.29. The molecule has 0 N–H and O–H groups in total. The second kappa shape index (κ2) is 31.7. The lowest BCUT2D eigenvalue weighted by molar-refractivity contribution is 0.180. The third kappa shape index (κ3) is 21.7. The van der Waals surface area contributed by atoms with Crippen molar-refractivity contribution in [2.45, 2.75) is 57.8 Å². The molecule has 3 aliphatic rings. The Morgan fingerprint density at radius 1 is 0.354 bits per heavy atom. The van der Waals surface area contributed by atoms with Crippen LogP contribution in [0.15, 0.2) is 182 Å². The molecule has 0 saturated carbocycles. The zero-order valence-corrected chi connectivity index (χ0v) is 50.2. The molecule has 6 aromatic rings. The van der Waals surface area contributed by atoms with Crippen LogP contribution in [0, 0.1) is 17.8 Å². The van der Waals surface area contributed by atoms with Crippen molar-refractivity contribution in [2.75, 3.05) is 110 Å². The van der Waals surface area contributed by atoms with Crippen LogP contribution in [0.4, 0.5) is 17.1 Å². The van der Waals surface area contributed by atoms with Crippen LogP contribution < -0.4 is 12.9 Å². The number of para-hydroxylation sites is 3. The van der Waals surface area contributed by atoms with E-state index in [1.54, 1.807) is 12.9 Å². The van der Waals surface area contributed by atoms with Gasteiger partial charge in [-0.25, -0.2) is 25.3 Å². The van der Waals surface area contributed by atoms with Crippen LogP contribution in [0.3, 0.4) is 0 Å². The lowest BCUT2D eigenvalue weighted by Crippen LogP contribution is -2.43. The Morgan fingerprint density at radius 2 is 0.570 bits per heavy atom. The van der Waals surface area contributed by atoms with E-state index in [0.29, 0.717) is 37.4 Å². The molecule has 0 aromatic heterocycles. The molecule has 3 fully saturated rings. The van der Waals surface area contributed by atoms with Gasteiger partial charge in [-0.1, -0.05) is 146 Å². The maximum Gasteiger partial charge on any atom is 0.232 e. The SMILES string of the molecule is CS(=O)(=O)N(CC1CCCN(CCc2ccccc2)C1)c1ccccc1.CS(=O)(=O)N(C[C@@H]1CCCN(CCc2ccccc2)C1)c1ccccc1.CS(=O)(=O)N(C[C@H]1CCCN(CCc2ccccc2)C1)c1ccccc1.S. The first-order chi connectivity index (χ1) is 37.6. The average molecular weight is 1150 g/mol. The maximum atomic E-state index is 12.3. The molecular formula is C63H86N6O6S4. The predicted octanol–water partition coefficient (Wildman–Crippen LogP) is 10.3. The molecule has 3 saturated heterocycles. The quantitative estimate of drug-likeness (QED) is 0.0693. The summed E-state index contributed by atoms with van der Waals surface area (Å²) in [5.74, 6) is 1.11. The van der Waals surface area contributed by atoms with E-state index in [1.165, 1.54) is 35.5 Å². The van der Waals surface area contributed by atoms with Gasteiger partial charge in [0, 0.05) is 58.9 Å². The predicted molar refractivity (Wildman–Crippen MR) is 334 cm³/mol. The third-order valence-electron chi connectivity index (χ3n) is 15.1. The number of rotatable bonds is 21. The third-order valence-corrected chi connectivity index (χ3v) is 18.6. The van der Waals surface area contributed by atoms with Crippen LogP contribution in [-0.4, -0.2) is 137 Å². The van der Waals surface area contributed by atoms with Crippen molar-refractivity contribution < 1.29 is 25.3 Å². The molecule has 0 bridgehead atoms. The molecule has 6 aromatic carbocycles. The van der Waals surface area contributed by atoms with Gasteiger partial charge in [0.15, 0.2) is 0 Å². The fraction of sp³-hybridized carbons (Fsp3) is 0.429. The van der Waals surface area contributed by atoms with Gasteiger partial charge in [0.2, 0.25) is 30.1 Å². The zero-order chi connectivity index (χ0) is 55.2. The van der Waals surface area contributed by atoms with E-state index in [9.17, 15) is 25.3 Å². The van der Waals surface area contributed by atoms with Gasteiger partial charge in [0.1, 0.15) is 0 Å². The zero-order valence-electron chi connectivity index (χ0n) is 46.8. The lowest BCUT2D eigenvalue weighted by atomic mass is 9.97. The molecule has 0 aliphatic carbocycles. The summed E-state index contributed by atoms with van der Waals surface area (Å²) in [6.07, 6.45) is 13.7. The fourth-order valence-corrected chi connectivity index (χ4v) is 14.0. The smallest absolute Gasteiger partial charge is 0.232 e. The molecule has 3 heterocycles. The minimum atomic E-state index is -3.28. The van der Waals surface area contributed by atoms with Crippen LogP contribution in [0.2, 0.25) is 0 Å². The Bertz CT molecular complexity index is 2660. The van der Waals surface area contributed by atoms with Gasteiger partial charge in [-0.15, -0.1) is 0 Å². The number of nitrogens with zero attached hydrogens (tertiary/aromatic N) is 6. The number of hydrogen-bond acceptors (Lipinski definition) is 9. The van der Waals surface area contributed by atoms with Gasteiger partial charge >= 0.3 is 0 Å². The Morgan fingerprint density at radius 3 is 0.785 bits per heavy atom. The number of hydrogen-bond donors (Lipinski definition) is 0. The summed E-state index contributed by atoms with van der Waals surface area (Å²) >= 11 is 0. The fourth-order valence-electron chi connectivity index (χ4n) is 11.1. The van der Waals surface area contributed by atoms with E-state index in [1.807, 2.05) is 109 Å². The average Bonchev–Trinajstić information content (AvgIpc) is 3.46. The van der Waals surface area contributed by atoms with Gasteiger partial charge < -0.3 is 14.7 Å². The number of benzene rings is 6. The van der Waals surface area contributed by atoms with Crippen LogP contribution in [0.5, 0.6) is 0 Å². The molecule has 0 amide bonds. The highest BCUT2D eigenvalue weighted by molar-refractivity contribution is 7.92. The first kappa shape index (κ1) is 63.0. The molecule has 0 radical (unpaired) electrons. The van der Waals surface area contributed by atoms with Crippen molar-refractivity contribution in [1.29, 1.82) is 0 Å². The summed E-state index contributed by atoms with van der Waals surface area (Å²) in [6.45, 7) is 11.0. The number of piperidine rings is 3. The van der Waals surface area contributed by atoms with Gasteiger partial charge in [0.05, 0.1) is 35.8 Å². The van der Waals surface area contributed by atoms with Crippen molar-refractivity contribution in [1.82, 2.24) is 14.7 Å². The van der Waals surface area contributed by atoms with E-state index >= 15 is 0 Å². The van der Waals surface area contributed by atoms with Crippen LogP contribution >= 0.6 is 13.5 Å². The van der Waals surface area contributed by atoms with Crippen LogP contribution in [-0.2, 0) is 49.3 Å². The molecule has 3 aliphatic heterocycles. The van der Waals surface area contributed by atoms with Crippen molar-refractivity contribution in [3.63, 3.8) is 0 Å². The van der Waals surface area contributed by atoms with E-state index in [0.717, 1.165) is 134 Å².